The first-order valence-electron chi connectivity index (χ1n) is 5.11. The Balaban J connectivity index is 3.74. The second kappa shape index (κ2) is 9.71. The van der Waals surface area contributed by atoms with Gasteiger partial charge in [0.2, 0.25) is 0 Å². The van der Waals surface area contributed by atoms with Crippen molar-refractivity contribution in [2.45, 2.75) is 20.0 Å². The van der Waals surface area contributed by atoms with Gasteiger partial charge in [-0.2, -0.15) is 0 Å². The summed E-state index contributed by atoms with van der Waals surface area (Å²) >= 11 is 0. The van der Waals surface area contributed by atoms with Crippen molar-refractivity contribution < 1.29 is 14.6 Å². The summed E-state index contributed by atoms with van der Waals surface area (Å²) in [5.41, 5.74) is 5.30. The highest BCUT2D eigenvalue weighted by molar-refractivity contribution is 5.07. The molecule has 0 radical (unpaired) electrons. The van der Waals surface area contributed by atoms with E-state index in [2.05, 4.69) is 0 Å². The van der Waals surface area contributed by atoms with Crippen LogP contribution in [0.3, 0.4) is 0 Å². The molecule has 0 fully saturated rings. The Bertz CT molecular complexity index is 202. The van der Waals surface area contributed by atoms with Crippen LogP contribution in [0.5, 0.6) is 0 Å². The van der Waals surface area contributed by atoms with Crippen molar-refractivity contribution >= 4 is 0 Å². The molecule has 1 unspecified atom stereocenters. The smallest absolute Gasteiger partial charge is 0.111 e. The van der Waals surface area contributed by atoms with Crippen molar-refractivity contribution in [2.75, 3.05) is 26.4 Å². The van der Waals surface area contributed by atoms with E-state index in [0.29, 0.717) is 19.8 Å². The highest BCUT2D eigenvalue weighted by atomic mass is 16.5. The van der Waals surface area contributed by atoms with Crippen LogP contribution in [0.25, 0.3) is 0 Å². The summed E-state index contributed by atoms with van der Waals surface area (Å²) in [6, 6.07) is 0. The molecule has 1 atom stereocenters. The Morgan fingerprint density at radius 1 is 1.47 bits per heavy atom. The van der Waals surface area contributed by atoms with E-state index >= 15 is 0 Å². The molecule has 0 aromatic carbocycles. The molecule has 0 aliphatic heterocycles. The van der Waals surface area contributed by atoms with Crippen molar-refractivity contribution in [3.63, 3.8) is 0 Å². The largest absolute Gasteiger partial charge is 0.496 e. The minimum atomic E-state index is 0.0326. The molecule has 0 bridgehead atoms. The Morgan fingerprint density at radius 3 is 2.80 bits per heavy atom. The van der Waals surface area contributed by atoms with Gasteiger partial charge in [0.15, 0.2) is 0 Å². The van der Waals surface area contributed by atoms with E-state index in [1.165, 1.54) is 0 Å². The topological polar surface area (TPSA) is 64.7 Å². The van der Waals surface area contributed by atoms with Gasteiger partial charge in [-0.25, -0.2) is 0 Å². The number of allylic oxidation sites excluding steroid dienone is 3. The molecular formula is C11H21NO3. The van der Waals surface area contributed by atoms with Crippen molar-refractivity contribution in [1.29, 1.82) is 0 Å². The summed E-state index contributed by atoms with van der Waals surface area (Å²) in [5.74, 6) is 0.770. The molecule has 0 aromatic heterocycles. The fraction of sp³-hybridized carbons (Fsp3) is 0.636. The summed E-state index contributed by atoms with van der Waals surface area (Å²) < 4.78 is 10.5. The quantitative estimate of drug-likeness (QED) is 0.465. The summed E-state index contributed by atoms with van der Waals surface area (Å²) in [6.07, 6.45) is 5.67. The molecule has 0 rings (SSSR count). The molecule has 0 saturated heterocycles. The van der Waals surface area contributed by atoms with E-state index in [9.17, 15) is 0 Å². The molecule has 4 heteroatoms. The number of rotatable bonds is 8. The van der Waals surface area contributed by atoms with Gasteiger partial charge in [-0.15, -0.1) is 0 Å². The number of ether oxygens (including phenoxy) is 2. The van der Waals surface area contributed by atoms with E-state index in [1.54, 1.807) is 0 Å². The molecule has 4 nitrogen and oxygen atoms in total. The lowest BCUT2D eigenvalue weighted by molar-refractivity contribution is 0.104. The fourth-order valence-corrected chi connectivity index (χ4v) is 0.912. The lowest BCUT2D eigenvalue weighted by atomic mass is 10.3. The standard InChI is InChI=1S/C11H21NO3/c1-10(14-8-6-12)4-3-5-11(2)15-9-7-13/h3-5,10,13H,6-9,12H2,1-2H3/b4-3-,11-5+. The van der Waals surface area contributed by atoms with Crippen molar-refractivity contribution in [3.05, 3.63) is 24.0 Å². The molecule has 0 spiro atoms. The van der Waals surface area contributed by atoms with Crippen LogP contribution >= 0.6 is 0 Å². The highest BCUT2D eigenvalue weighted by Crippen LogP contribution is 1.97. The average Bonchev–Trinajstić information content (AvgIpc) is 2.23. The SMILES string of the molecule is C/C(=C\C=C/C(C)OCCN)OCCO. The zero-order valence-electron chi connectivity index (χ0n) is 9.48. The maximum Gasteiger partial charge on any atom is 0.111 e. The van der Waals surface area contributed by atoms with E-state index in [4.69, 9.17) is 20.3 Å². The number of hydrogen-bond acceptors (Lipinski definition) is 4. The number of nitrogens with two attached hydrogens (primary N) is 1. The Morgan fingerprint density at radius 2 is 2.20 bits per heavy atom. The van der Waals surface area contributed by atoms with Crippen molar-refractivity contribution in [3.8, 4) is 0 Å². The van der Waals surface area contributed by atoms with Gasteiger partial charge in [0.1, 0.15) is 6.61 Å². The van der Waals surface area contributed by atoms with Crippen LogP contribution in [-0.4, -0.2) is 37.6 Å². The first-order chi connectivity index (χ1) is 7.20. The van der Waals surface area contributed by atoms with Crippen LogP contribution in [0.1, 0.15) is 13.8 Å². The van der Waals surface area contributed by atoms with Gasteiger partial charge < -0.3 is 20.3 Å². The number of hydrogen-bond donors (Lipinski definition) is 2. The molecule has 15 heavy (non-hydrogen) atoms. The van der Waals surface area contributed by atoms with Crippen LogP contribution in [0, 0.1) is 0 Å². The van der Waals surface area contributed by atoms with E-state index in [0.717, 1.165) is 5.76 Å². The van der Waals surface area contributed by atoms with Crippen LogP contribution in [0.2, 0.25) is 0 Å². The molecule has 0 amide bonds. The summed E-state index contributed by atoms with van der Waals surface area (Å²) in [7, 11) is 0. The molecular weight excluding hydrogens is 194 g/mol. The maximum absolute atomic E-state index is 8.52. The zero-order valence-corrected chi connectivity index (χ0v) is 9.48. The monoisotopic (exact) mass is 215 g/mol. The van der Waals surface area contributed by atoms with Gasteiger partial charge in [0, 0.05) is 6.54 Å². The Hall–Kier alpha value is -0.840. The maximum atomic E-state index is 8.52. The minimum absolute atomic E-state index is 0.0326. The summed E-state index contributed by atoms with van der Waals surface area (Å²) in [5, 5.41) is 8.52. The van der Waals surface area contributed by atoms with Crippen LogP contribution < -0.4 is 5.73 Å². The Labute approximate surface area is 91.4 Å². The Kier molecular flexibility index (Phi) is 9.16. The van der Waals surface area contributed by atoms with Gasteiger partial charge in [-0.05, 0) is 19.9 Å². The lowest BCUT2D eigenvalue weighted by Crippen LogP contribution is -2.13. The summed E-state index contributed by atoms with van der Waals surface area (Å²) in [4.78, 5) is 0. The summed E-state index contributed by atoms with van der Waals surface area (Å²) in [6.45, 7) is 5.25. The molecule has 3 N–H and O–H groups in total. The van der Waals surface area contributed by atoms with Gasteiger partial charge in [-0.1, -0.05) is 12.2 Å². The molecule has 0 aliphatic rings. The van der Waals surface area contributed by atoms with E-state index < -0.39 is 0 Å². The van der Waals surface area contributed by atoms with Crippen LogP contribution in [-0.2, 0) is 9.47 Å². The van der Waals surface area contributed by atoms with Crippen molar-refractivity contribution in [2.24, 2.45) is 5.73 Å². The first-order valence-corrected chi connectivity index (χ1v) is 5.11. The third-order valence-corrected chi connectivity index (χ3v) is 1.63. The van der Waals surface area contributed by atoms with Crippen LogP contribution in [0.15, 0.2) is 24.0 Å². The van der Waals surface area contributed by atoms with E-state index in [-0.39, 0.29) is 12.7 Å². The third kappa shape index (κ3) is 9.46. The van der Waals surface area contributed by atoms with Crippen molar-refractivity contribution in [1.82, 2.24) is 0 Å². The number of aliphatic hydroxyl groups excluding tert-OH is 1. The predicted molar refractivity (Wildman–Crippen MR) is 60.4 cm³/mol. The van der Waals surface area contributed by atoms with Gasteiger partial charge in [0.25, 0.3) is 0 Å². The van der Waals surface area contributed by atoms with Crippen LogP contribution in [0.4, 0.5) is 0 Å². The third-order valence-electron chi connectivity index (χ3n) is 1.63. The molecule has 0 heterocycles. The average molecular weight is 215 g/mol. The minimum Gasteiger partial charge on any atom is -0.496 e. The fourth-order valence-electron chi connectivity index (χ4n) is 0.912. The normalized spacial score (nSPS) is 14.5. The number of aliphatic hydroxyl groups is 1. The molecule has 0 aromatic rings. The first kappa shape index (κ1) is 14.2. The van der Waals surface area contributed by atoms with Gasteiger partial charge in [0.05, 0.1) is 25.1 Å². The van der Waals surface area contributed by atoms with Gasteiger partial charge >= 0.3 is 0 Å². The molecule has 88 valence electrons. The zero-order chi connectivity index (χ0) is 11.5. The lowest BCUT2D eigenvalue weighted by Gasteiger charge is -2.06. The predicted octanol–water partition coefficient (Wildman–Crippen LogP) is 0.819. The van der Waals surface area contributed by atoms with Gasteiger partial charge in [-0.3, -0.25) is 0 Å². The van der Waals surface area contributed by atoms with E-state index in [1.807, 2.05) is 32.1 Å². The highest BCUT2D eigenvalue weighted by Gasteiger charge is 1.93. The second-order valence-electron chi connectivity index (χ2n) is 3.10. The molecule has 0 aliphatic carbocycles. The second-order valence-corrected chi connectivity index (χ2v) is 3.10. The molecule has 0 saturated carbocycles.